The molecule has 0 amide bonds. The van der Waals surface area contributed by atoms with Crippen molar-refractivity contribution in [3.8, 4) is 5.88 Å². The summed E-state index contributed by atoms with van der Waals surface area (Å²) in [6, 6.07) is 3.73. The molecule has 0 saturated carbocycles. The fourth-order valence-corrected chi connectivity index (χ4v) is 5.08. The zero-order valence-electron chi connectivity index (χ0n) is 14.7. The summed E-state index contributed by atoms with van der Waals surface area (Å²) in [5, 5.41) is 15.0. The van der Waals surface area contributed by atoms with Crippen molar-refractivity contribution in [2.75, 3.05) is 13.1 Å². The van der Waals surface area contributed by atoms with E-state index in [9.17, 15) is 13.9 Å². The minimum absolute atomic E-state index is 0.0334. The predicted octanol–water partition coefficient (Wildman–Crippen LogP) is 2.49. The predicted molar refractivity (Wildman–Crippen MR) is 94.6 cm³/mol. The van der Waals surface area contributed by atoms with Gasteiger partial charge in [0.05, 0.1) is 13.1 Å². The van der Waals surface area contributed by atoms with Crippen molar-refractivity contribution in [3.05, 3.63) is 46.1 Å². The molecule has 2 N–H and O–H groups in total. The van der Waals surface area contributed by atoms with E-state index in [1.807, 2.05) is 0 Å². The number of fused-ring (bicyclic) bond motifs is 1. The van der Waals surface area contributed by atoms with Crippen molar-refractivity contribution in [1.82, 2.24) is 14.6 Å². The van der Waals surface area contributed by atoms with Gasteiger partial charge in [-0.1, -0.05) is 18.3 Å². The highest BCUT2D eigenvalue weighted by molar-refractivity contribution is 7.17. The molecule has 0 aliphatic carbocycles. The number of likely N-dealkylation sites (tertiary alicyclic amines) is 1. The minimum Gasteiger partial charge on any atom is -0.492 e. The fourth-order valence-electron chi connectivity index (χ4n) is 3.89. The second kappa shape index (κ2) is 6.59. The van der Waals surface area contributed by atoms with Crippen molar-refractivity contribution >= 4 is 16.3 Å². The van der Waals surface area contributed by atoms with Gasteiger partial charge in [-0.3, -0.25) is 0 Å². The summed E-state index contributed by atoms with van der Waals surface area (Å²) in [6.45, 7) is 5.80. The maximum absolute atomic E-state index is 13.9. The maximum atomic E-state index is 13.9. The first-order chi connectivity index (χ1) is 12.4. The van der Waals surface area contributed by atoms with Crippen LogP contribution >= 0.6 is 11.3 Å². The Morgan fingerprint density at radius 3 is 2.85 bits per heavy atom. The van der Waals surface area contributed by atoms with E-state index in [1.54, 1.807) is 13.0 Å². The lowest BCUT2D eigenvalue weighted by molar-refractivity contribution is -0.933. The van der Waals surface area contributed by atoms with Gasteiger partial charge in [-0.05, 0) is 38.0 Å². The number of benzene rings is 1. The highest BCUT2D eigenvalue weighted by Gasteiger charge is 2.35. The number of aryl methyl sites for hydroxylation is 1. The standard InChI is InChI=1S/C18H20F2N4OS/c1-10-4-3-7-23(9-10)15(12-5-6-13(19)14(20)8-12)16-17(25)24-18(26-16)21-11(2)22-24/h5-6,8,10,15,25H,3-4,7,9H2,1-2H3/p+1/t10-,15-/m0/s1. The monoisotopic (exact) mass is 379 g/mol. The molecular formula is C18H21F2N4OS+. The second-order valence-corrected chi connectivity index (χ2v) is 8.12. The molecule has 1 aliphatic rings. The smallest absolute Gasteiger partial charge is 0.235 e. The third-order valence-corrected chi connectivity index (χ3v) is 6.14. The van der Waals surface area contributed by atoms with Gasteiger partial charge in [-0.2, -0.15) is 4.52 Å². The van der Waals surface area contributed by atoms with Crippen LogP contribution in [0.15, 0.2) is 18.2 Å². The van der Waals surface area contributed by atoms with E-state index in [0.29, 0.717) is 27.1 Å². The molecule has 3 aromatic rings. The van der Waals surface area contributed by atoms with Crippen molar-refractivity contribution in [2.45, 2.75) is 32.7 Å². The molecule has 0 radical (unpaired) electrons. The normalized spacial score (nSPS) is 22.0. The molecule has 3 heterocycles. The van der Waals surface area contributed by atoms with Crippen LogP contribution in [0.4, 0.5) is 8.78 Å². The number of piperidine rings is 1. The number of quaternary nitrogens is 1. The topological polar surface area (TPSA) is 54.9 Å². The number of rotatable bonds is 3. The molecule has 1 aliphatic heterocycles. The van der Waals surface area contributed by atoms with Gasteiger partial charge in [0, 0.05) is 11.5 Å². The van der Waals surface area contributed by atoms with Gasteiger partial charge in [-0.25, -0.2) is 13.8 Å². The van der Waals surface area contributed by atoms with Crippen LogP contribution in [0.5, 0.6) is 5.88 Å². The van der Waals surface area contributed by atoms with Gasteiger partial charge < -0.3 is 10.0 Å². The Hall–Kier alpha value is -2.06. The largest absolute Gasteiger partial charge is 0.492 e. The van der Waals surface area contributed by atoms with Crippen LogP contribution in [0.1, 0.15) is 42.1 Å². The van der Waals surface area contributed by atoms with Crippen LogP contribution in [-0.4, -0.2) is 32.8 Å². The molecule has 8 heteroatoms. The van der Waals surface area contributed by atoms with E-state index in [0.717, 1.165) is 32.0 Å². The van der Waals surface area contributed by atoms with Gasteiger partial charge in [0.2, 0.25) is 10.8 Å². The highest BCUT2D eigenvalue weighted by Crippen LogP contribution is 2.35. The molecule has 1 fully saturated rings. The minimum atomic E-state index is -0.869. The van der Waals surface area contributed by atoms with E-state index in [2.05, 4.69) is 17.0 Å². The molecule has 138 valence electrons. The van der Waals surface area contributed by atoms with Crippen LogP contribution in [0.2, 0.25) is 0 Å². The Balaban J connectivity index is 1.84. The first-order valence-corrected chi connectivity index (χ1v) is 9.60. The quantitative estimate of drug-likeness (QED) is 0.735. The van der Waals surface area contributed by atoms with Crippen molar-refractivity contribution in [3.63, 3.8) is 0 Å². The van der Waals surface area contributed by atoms with Gasteiger partial charge in [0.15, 0.2) is 17.7 Å². The van der Waals surface area contributed by atoms with Gasteiger partial charge in [-0.15, -0.1) is 5.10 Å². The molecule has 0 bridgehead atoms. The number of hydrogen-bond acceptors (Lipinski definition) is 4. The molecular weight excluding hydrogens is 358 g/mol. The Kier molecular flexibility index (Phi) is 4.40. The molecule has 0 spiro atoms. The lowest BCUT2D eigenvalue weighted by Crippen LogP contribution is -3.13. The summed E-state index contributed by atoms with van der Waals surface area (Å²) in [6.07, 6.45) is 2.23. The molecule has 2 aromatic heterocycles. The molecule has 1 aromatic carbocycles. The zero-order valence-corrected chi connectivity index (χ0v) is 15.5. The van der Waals surface area contributed by atoms with Crippen LogP contribution in [0.25, 0.3) is 4.96 Å². The summed E-state index contributed by atoms with van der Waals surface area (Å²) >= 11 is 1.35. The van der Waals surface area contributed by atoms with Gasteiger partial charge in [0.25, 0.3) is 0 Å². The summed E-state index contributed by atoms with van der Waals surface area (Å²) < 4.78 is 28.8. The third-order valence-electron chi connectivity index (χ3n) is 5.06. The molecule has 5 nitrogen and oxygen atoms in total. The second-order valence-electron chi connectivity index (χ2n) is 7.11. The molecule has 3 atom stereocenters. The van der Waals surface area contributed by atoms with Crippen LogP contribution in [0.3, 0.4) is 0 Å². The molecule has 1 unspecified atom stereocenters. The van der Waals surface area contributed by atoms with Gasteiger partial charge >= 0.3 is 0 Å². The molecule has 26 heavy (non-hydrogen) atoms. The first-order valence-electron chi connectivity index (χ1n) is 8.78. The van der Waals surface area contributed by atoms with Crippen molar-refractivity contribution in [2.24, 2.45) is 5.92 Å². The lowest BCUT2D eigenvalue weighted by Gasteiger charge is -2.34. The van der Waals surface area contributed by atoms with E-state index in [4.69, 9.17) is 0 Å². The van der Waals surface area contributed by atoms with Crippen LogP contribution in [0, 0.1) is 24.5 Å². The van der Waals surface area contributed by atoms with Crippen LogP contribution < -0.4 is 4.90 Å². The number of thiazole rings is 1. The first kappa shape index (κ1) is 17.4. The lowest BCUT2D eigenvalue weighted by atomic mass is 9.95. The number of hydrogen-bond donors (Lipinski definition) is 2. The molecule has 1 saturated heterocycles. The number of aromatic hydroxyl groups is 1. The number of nitrogens with one attached hydrogen (secondary N) is 1. The van der Waals surface area contributed by atoms with Gasteiger partial charge in [0.1, 0.15) is 10.7 Å². The zero-order chi connectivity index (χ0) is 18.4. The van der Waals surface area contributed by atoms with E-state index in [-0.39, 0.29) is 11.9 Å². The summed E-state index contributed by atoms with van der Waals surface area (Å²) in [5.41, 5.74) is 0.657. The van der Waals surface area contributed by atoms with E-state index >= 15 is 0 Å². The molecule has 4 rings (SSSR count). The summed E-state index contributed by atoms with van der Waals surface area (Å²) in [7, 11) is 0. The summed E-state index contributed by atoms with van der Waals surface area (Å²) in [4.78, 5) is 6.87. The average molecular weight is 379 g/mol. The third kappa shape index (κ3) is 2.97. The maximum Gasteiger partial charge on any atom is 0.235 e. The van der Waals surface area contributed by atoms with E-state index < -0.39 is 11.6 Å². The number of nitrogens with zero attached hydrogens (tertiary/aromatic N) is 3. The number of halogens is 2. The Labute approximate surface area is 153 Å². The Morgan fingerprint density at radius 1 is 1.35 bits per heavy atom. The van der Waals surface area contributed by atoms with Crippen LogP contribution in [-0.2, 0) is 0 Å². The van der Waals surface area contributed by atoms with Crippen molar-refractivity contribution in [1.29, 1.82) is 0 Å². The SMILES string of the molecule is Cc1nc2sc([C@H](c3ccc(F)c(F)c3)[NH+]3CCC[C@H](C)C3)c(O)n2n1. The summed E-state index contributed by atoms with van der Waals surface area (Å²) in [5.74, 6) is -0.575. The van der Waals surface area contributed by atoms with Crippen molar-refractivity contribution < 1.29 is 18.8 Å². The highest BCUT2D eigenvalue weighted by atomic mass is 32.1. The number of aromatic nitrogens is 3. The van der Waals surface area contributed by atoms with E-state index in [1.165, 1.54) is 26.8 Å². The Bertz CT molecular complexity index is 954. The Morgan fingerprint density at radius 2 is 2.15 bits per heavy atom. The fraction of sp³-hybridized carbons (Fsp3) is 0.444. The average Bonchev–Trinajstić information content (AvgIpc) is 3.09.